The van der Waals surface area contributed by atoms with Gasteiger partial charge in [0.15, 0.2) is 0 Å². The molecule has 4 nitrogen and oxygen atoms in total. The number of para-hydroxylation sites is 1. The van der Waals surface area contributed by atoms with E-state index < -0.39 is 4.92 Å². The summed E-state index contributed by atoms with van der Waals surface area (Å²) in [7, 11) is 0. The molecule has 4 aromatic rings. The Hall–Kier alpha value is -3.31. The Morgan fingerprint density at radius 2 is 1.54 bits per heavy atom. The van der Waals surface area contributed by atoms with Crippen molar-refractivity contribution in [3.8, 4) is 5.75 Å². The molecule has 0 heterocycles. The van der Waals surface area contributed by atoms with E-state index >= 15 is 0 Å². The lowest BCUT2D eigenvalue weighted by Crippen LogP contribution is -1.98. The highest BCUT2D eigenvalue weighted by Gasteiger charge is 2.20. The molecule has 0 radical (unpaired) electrons. The Morgan fingerprint density at radius 1 is 0.821 bits per heavy atom. The lowest BCUT2D eigenvalue weighted by Gasteiger charge is -2.12. The topological polar surface area (TPSA) is 52.4 Å². The van der Waals surface area contributed by atoms with Crippen molar-refractivity contribution in [2.24, 2.45) is 0 Å². The third kappa shape index (κ3) is 3.85. The Bertz CT molecular complexity index is 1120. The van der Waals surface area contributed by atoms with Gasteiger partial charge in [-0.15, -0.1) is 0 Å². The Morgan fingerprint density at radius 3 is 2.36 bits per heavy atom. The lowest BCUT2D eigenvalue weighted by atomic mass is 10.0. The van der Waals surface area contributed by atoms with Crippen molar-refractivity contribution in [1.29, 1.82) is 0 Å². The normalized spacial score (nSPS) is 10.7. The van der Waals surface area contributed by atoms with Crippen LogP contribution in [-0.4, -0.2) is 4.92 Å². The molecule has 4 aromatic carbocycles. The predicted molar refractivity (Wildman–Crippen MR) is 113 cm³/mol. The van der Waals surface area contributed by atoms with E-state index in [1.165, 1.54) is 6.07 Å². The van der Waals surface area contributed by atoms with Gasteiger partial charge in [-0.1, -0.05) is 78.9 Å². The standard InChI is InChI=1S/C23H17NO3S/c25-24(26)21-14-6-12-19(16-17-8-2-1-3-9-17)23(21)27-28-22-15-7-11-18-10-4-5-13-20(18)22/h1-15H,16H2. The van der Waals surface area contributed by atoms with Crippen LogP contribution in [0.25, 0.3) is 10.8 Å². The second kappa shape index (κ2) is 8.15. The molecular formula is C23H17NO3S. The van der Waals surface area contributed by atoms with Crippen LogP contribution >= 0.6 is 12.0 Å². The highest BCUT2D eigenvalue weighted by molar-refractivity contribution is 7.95. The minimum absolute atomic E-state index is 0.0267. The molecule has 0 aliphatic heterocycles. The van der Waals surface area contributed by atoms with Gasteiger partial charge >= 0.3 is 5.69 Å². The van der Waals surface area contributed by atoms with Crippen molar-refractivity contribution in [2.45, 2.75) is 11.3 Å². The molecule has 0 aromatic heterocycles. The van der Waals surface area contributed by atoms with E-state index in [2.05, 4.69) is 0 Å². The molecule has 0 unspecified atom stereocenters. The van der Waals surface area contributed by atoms with Crippen LogP contribution in [0, 0.1) is 10.1 Å². The van der Waals surface area contributed by atoms with Crippen LogP contribution < -0.4 is 4.18 Å². The van der Waals surface area contributed by atoms with Crippen molar-refractivity contribution >= 4 is 28.5 Å². The first-order valence-corrected chi connectivity index (χ1v) is 9.59. The van der Waals surface area contributed by atoms with Gasteiger partial charge in [-0.2, -0.15) is 0 Å². The van der Waals surface area contributed by atoms with Gasteiger partial charge in [0.1, 0.15) is 0 Å². The van der Waals surface area contributed by atoms with Crippen LogP contribution in [0.4, 0.5) is 5.69 Å². The molecule has 0 fully saturated rings. The van der Waals surface area contributed by atoms with Crippen molar-refractivity contribution in [2.75, 3.05) is 0 Å². The molecule has 5 heteroatoms. The fourth-order valence-electron chi connectivity index (χ4n) is 3.12. The SMILES string of the molecule is O=[N+]([O-])c1cccc(Cc2ccccc2)c1OSc1cccc2ccccc12. The van der Waals surface area contributed by atoms with Crippen LogP contribution in [0.2, 0.25) is 0 Å². The summed E-state index contributed by atoms with van der Waals surface area (Å²) >= 11 is 1.15. The Kier molecular flexibility index (Phi) is 5.26. The fourth-order valence-corrected chi connectivity index (χ4v) is 3.90. The zero-order valence-electron chi connectivity index (χ0n) is 14.9. The van der Waals surface area contributed by atoms with Crippen LogP contribution in [0.15, 0.2) is 95.9 Å². The van der Waals surface area contributed by atoms with Gasteiger partial charge < -0.3 is 4.18 Å². The second-order valence-electron chi connectivity index (χ2n) is 6.33. The molecular weight excluding hydrogens is 370 g/mol. The van der Waals surface area contributed by atoms with Gasteiger partial charge in [0.25, 0.3) is 0 Å². The highest BCUT2D eigenvalue weighted by atomic mass is 32.2. The smallest absolute Gasteiger partial charge is 0.312 e. The molecule has 0 spiro atoms. The highest BCUT2D eigenvalue weighted by Crippen LogP contribution is 2.38. The van der Waals surface area contributed by atoms with Crippen LogP contribution in [-0.2, 0) is 6.42 Å². The van der Waals surface area contributed by atoms with E-state index in [-0.39, 0.29) is 5.69 Å². The first-order chi connectivity index (χ1) is 13.7. The maximum Gasteiger partial charge on any atom is 0.312 e. The minimum Gasteiger partial charge on any atom is -0.413 e. The first kappa shape index (κ1) is 18.1. The lowest BCUT2D eigenvalue weighted by molar-refractivity contribution is -0.385. The fraction of sp³-hybridized carbons (Fsp3) is 0.0435. The monoisotopic (exact) mass is 387 g/mol. The van der Waals surface area contributed by atoms with Gasteiger partial charge in [0.05, 0.1) is 21.9 Å². The summed E-state index contributed by atoms with van der Waals surface area (Å²) in [5, 5.41) is 13.7. The van der Waals surface area contributed by atoms with E-state index in [1.54, 1.807) is 6.07 Å². The number of benzene rings is 4. The van der Waals surface area contributed by atoms with Crippen molar-refractivity contribution in [3.05, 3.63) is 112 Å². The second-order valence-corrected chi connectivity index (χ2v) is 7.10. The van der Waals surface area contributed by atoms with Gasteiger partial charge in [-0.3, -0.25) is 10.1 Å². The molecule has 0 aliphatic rings. The summed E-state index contributed by atoms with van der Waals surface area (Å²) < 4.78 is 5.97. The third-order valence-corrected chi connectivity index (χ3v) is 5.26. The van der Waals surface area contributed by atoms with Crippen LogP contribution in [0.1, 0.15) is 11.1 Å². The summed E-state index contributed by atoms with van der Waals surface area (Å²) in [6.45, 7) is 0. The molecule has 4 rings (SSSR count). The predicted octanol–water partition coefficient (Wildman–Crippen LogP) is 6.42. The summed E-state index contributed by atoms with van der Waals surface area (Å²) in [6, 6.07) is 28.9. The number of rotatable bonds is 6. The maximum atomic E-state index is 11.6. The van der Waals surface area contributed by atoms with E-state index in [9.17, 15) is 10.1 Å². The Balaban J connectivity index is 1.68. The van der Waals surface area contributed by atoms with Gasteiger partial charge in [-0.05, 0) is 22.4 Å². The number of nitro benzene ring substituents is 1. The molecule has 0 saturated carbocycles. The van der Waals surface area contributed by atoms with E-state index in [0.717, 1.165) is 38.8 Å². The molecule has 138 valence electrons. The van der Waals surface area contributed by atoms with Crippen molar-refractivity contribution in [3.63, 3.8) is 0 Å². The minimum atomic E-state index is -0.395. The Labute approximate surface area is 167 Å². The molecule has 0 atom stereocenters. The number of hydrogen-bond acceptors (Lipinski definition) is 4. The largest absolute Gasteiger partial charge is 0.413 e. The molecule has 28 heavy (non-hydrogen) atoms. The maximum absolute atomic E-state index is 11.6. The average molecular weight is 387 g/mol. The molecule has 0 aliphatic carbocycles. The summed E-state index contributed by atoms with van der Waals surface area (Å²) in [6.07, 6.45) is 0.563. The summed E-state index contributed by atoms with van der Waals surface area (Å²) in [5.74, 6) is 0.300. The van der Waals surface area contributed by atoms with E-state index in [4.69, 9.17) is 4.18 Å². The van der Waals surface area contributed by atoms with Crippen LogP contribution in [0.3, 0.4) is 0 Å². The molecule has 0 bridgehead atoms. The summed E-state index contributed by atoms with van der Waals surface area (Å²) in [4.78, 5) is 12.1. The zero-order chi connectivity index (χ0) is 19.3. The van der Waals surface area contributed by atoms with Crippen molar-refractivity contribution in [1.82, 2.24) is 0 Å². The van der Waals surface area contributed by atoms with Gasteiger partial charge in [-0.25, -0.2) is 0 Å². The van der Waals surface area contributed by atoms with E-state index in [0.29, 0.717) is 12.2 Å². The number of hydrogen-bond donors (Lipinski definition) is 0. The van der Waals surface area contributed by atoms with Crippen molar-refractivity contribution < 1.29 is 9.11 Å². The summed E-state index contributed by atoms with van der Waals surface area (Å²) in [5.41, 5.74) is 1.83. The average Bonchev–Trinajstić information content (AvgIpc) is 2.73. The third-order valence-electron chi connectivity index (χ3n) is 4.47. The molecule has 0 N–H and O–H groups in total. The number of nitro groups is 1. The number of fused-ring (bicyclic) bond motifs is 1. The first-order valence-electron chi connectivity index (χ1n) is 8.85. The zero-order valence-corrected chi connectivity index (χ0v) is 15.8. The van der Waals surface area contributed by atoms with E-state index in [1.807, 2.05) is 78.9 Å². The molecule has 0 saturated heterocycles. The van der Waals surface area contributed by atoms with Gasteiger partial charge in [0.2, 0.25) is 5.75 Å². The molecule has 0 amide bonds. The quantitative estimate of drug-likeness (QED) is 0.217. The van der Waals surface area contributed by atoms with Crippen LogP contribution in [0.5, 0.6) is 5.75 Å². The number of nitrogens with zero attached hydrogens (tertiary/aromatic N) is 1. The van der Waals surface area contributed by atoms with Gasteiger partial charge in [0, 0.05) is 18.1 Å².